The summed E-state index contributed by atoms with van der Waals surface area (Å²) in [6.45, 7) is 10.8. The number of ether oxygens (including phenoxy) is 3. The Morgan fingerprint density at radius 2 is 1.61 bits per heavy atom. The molecule has 0 fully saturated rings. The lowest BCUT2D eigenvalue weighted by molar-refractivity contribution is -0.143. The van der Waals surface area contributed by atoms with E-state index in [-0.39, 0.29) is 23.7 Å². The molecule has 2 N–H and O–H groups in total. The van der Waals surface area contributed by atoms with Crippen LogP contribution in [-0.4, -0.2) is 54.3 Å². The highest BCUT2D eigenvalue weighted by atomic mass is 16.6. The van der Waals surface area contributed by atoms with E-state index >= 15 is 0 Å². The summed E-state index contributed by atoms with van der Waals surface area (Å²) in [4.78, 5) is 31.1. The number of nitrogens with one attached hydrogen (secondary N) is 1. The van der Waals surface area contributed by atoms with Crippen molar-refractivity contribution >= 4 is 11.9 Å². The van der Waals surface area contributed by atoms with Gasteiger partial charge in [-0.3, -0.25) is 4.79 Å². The van der Waals surface area contributed by atoms with Crippen LogP contribution in [0.4, 0.5) is 0 Å². The molecule has 0 aliphatic carbocycles. The number of esters is 2. The van der Waals surface area contributed by atoms with Crippen molar-refractivity contribution in [3.63, 3.8) is 0 Å². The number of tetrazole rings is 1. The molecule has 3 aromatic carbocycles. The Balaban J connectivity index is 1.42. The zero-order valence-electron chi connectivity index (χ0n) is 28.9. The minimum Gasteiger partial charge on any atom is -0.493 e. The number of H-pyrrole nitrogens is 1. The van der Waals surface area contributed by atoms with Gasteiger partial charge in [-0.2, -0.15) is 5.21 Å². The molecule has 0 bridgehead atoms. The lowest BCUT2D eigenvalue weighted by atomic mass is 9.97. The predicted octanol–water partition coefficient (Wildman–Crippen LogP) is 6.28. The van der Waals surface area contributed by atoms with Crippen LogP contribution in [0.3, 0.4) is 0 Å². The van der Waals surface area contributed by atoms with Crippen LogP contribution >= 0.6 is 0 Å². The van der Waals surface area contributed by atoms with Crippen molar-refractivity contribution in [3.8, 4) is 34.0 Å². The summed E-state index contributed by atoms with van der Waals surface area (Å²) in [5.41, 5.74) is 2.65. The van der Waals surface area contributed by atoms with Crippen LogP contribution in [0.15, 0.2) is 66.7 Å². The van der Waals surface area contributed by atoms with Crippen LogP contribution in [0.25, 0.3) is 22.5 Å². The first kappa shape index (κ1) is 35.0. The zero-order valence-corrected chi connectivity index (χ0v) is 28.9. The number of hydrogen-bond donors (Lipinski definition) is 2. The SMILES string of the molecule is CCCc1nc(C(C)(C)O)c(C(=O)OCc2ccc(OC(=O)C(C)(C)C)c(OC)c2)n1Cc1ccc(-c2ccccc2-c2nn[nH]n2)cc1. The number of aryl methyl sites for hydroxylation is 1. The molecular weight excluding hydrogens is 624 g/mol. The molecule has 0 aliphatic heterocycles. The van der Waals surface area contributed by atoms with E-state index in [9.17, 15) is 14.7 Å². The topological polar surface area (TPSA) is 154 Å². The Bertz CT molecular complexity index is 1920. The van der Waals surface area contributed by atoms with Gasteiger partial charge in [-0.1, -0.05) is 61.5 Å². The minimum atomic E-state index is -1.41. The summed E-state index contributed by atoms with van der Waals surface area (Å²) < 4.78 is 18.7. The smallest absolute Gasteiger partial charge is 0.357 e. The highest BCUT2D eigenvalue weighted by Crippen LogP contribution is 2.33. The summed E-state index contributed by atoms with van der Waals surface area (Å²) in [6, 6.07) is 20.8. The Morgan fingerprint density at radius 3 is 2.22 bits per heavy atom. The van der Waals surface area contributed by atoms with E-state index in [1.807, 2.05) is 60.0 Å². The number of methoxy groups -OCH3 is 1. The lowest BCUT2D eigenvalue weighted by Gasteiger charge is -2.19. The molecule has 0 saturated heterocycles. The predicted molar refractivity (Wildman–Crippen MR) is 183 cm³/mol. The summed E-state index contributed by atoms with van der Waals surface area (Å²) in [6.07, 6.45) is 1.38. The monoisotopic (exact) mass is 666 g/mol. The van der Waals surface area contributed by atoms with E-state index in [1.54, 1.807) is 52.8 Å². The van der Waals surface area contributed by atoms with E-state index in [0.717, 1.165) is 28.7 Å². The molecule has 2 heterocycles. The van der Waals surface area contributed by atoms with Gasteiger partial charge in [0.15, 0.2) is 17.2 Å². The van der Waals surface area contributed by atoms with Crippen LogP contribution < -0.4 is 9.47 Å². The maximum atomic E-state index is 13.9. The first-order valence-corrected chi connectivity index (χ1v) is 16.1. The molecule has 0 saturated carbocycles. The fraction of sp³-hybridized carbons (Fsp3) is 0.351. The third-order valence-corrected chi connectivity index (χ3v) is 7.83. The molecule has 0 aliphatic rings. The first-order chi connectivity index (χ1) is 23.3. The summed E-state index contributed by atoms with van der Waals surface area (Å²) in [5.74, 6) is 0.756. The van der Waals surface area contributed by atoms with Gasteiger partial charge in [0.2, 0.25) is 5.82 Å². The number of hydrogen-bond acceptors (Lipinski definition) is 10. The van der Waals surface area contributed by atoms with Gasteiger partial charge in [0.05, 0.1) is 12.5 Å². The normalized spacial score (nSPS) is 11.8. The Labute approximate surface area is 285 Å². The second kappa shape index (κ2) is 14.4. The molecule has 2 aromatic heterocycles. The molecule has 5 aromatic rings. The van der Waals surface area contributed by atoms with Crippen molar-refractivity contribution in [1.29, 1.82) is 0 Å². The van der Waals surface area contributed by atoms with E-state index < -0.39 is 23.0 Å². The van der Waals surface area contributed by atoms with Crippen molar-refractivity contribution in [2.24, 2.45) is 5.41 Å². The molecule has 0 amide bonds. The molecule has 256 valence electrons. The van der Waals surface area contributed by atoms with Gasteiger partial charge in [0.25, 0.3) is 0 Å². The van der Waals surface area contributed by atoms with Crippen LogP contribution in [0.2, 0.25) is 0 Å². The minimum absolute atomic E-state index is 0.0865. The van der Waals surface area contributed by atoms with Crippen molar-refractivity contribution in [1.82, 2.24) is 30.2 Å². The van der Waals surface area contributed by atoms with E-state index in [1.165, 1.54) is 7.11 Å². The fourth-order valence-electron chi connectivity index (χ4n) is 5.25. The number of rotatable bonds is 12. The Morgan fingerprint density at radius 1 is 0.918 bits per heavy atom. The molecule has 12 heteroatoms. The van der Waals surface area contributed by atoms with Gasteiger partial charge >= 0.3 is 11.9 Å². The number of aromatic amines is 1. The average Bonchev–Trinajstić information content (AvgIpc) is 3.73. The quantitative estimate of drug-likeness (QED) is 0.115. The maximum absolute atomic E-state index is 13.9. The second-order valence-corrected chi connectivity index (χ2v) is 13.3. The lowest BCUT2D eigenvalue weighted by Crippen LogP contribution is -2.25. The van der Waals surface area contributed by atoms with Crippen molar-refractivity contribution in [3.05, 3.63) is 95.1 Å². The second-order valence-electron chi connectivity index (χ2n) is 13.3. The molecule has 0 atom stereocenters. The van der Waals surface area contributed by atoms with Gasteiger partial charge in [-0.25, -0.2) is 9.78 Å². The van der Waals surface area contributed by atoms with Gasteiger partial charge in [0, 0.05) is 18.5 Å². The summed E-state index contributed by atoms with van der Waals surface area (Å²) >= 11 is 0. The standard InChI is InChI=1S/C37H42N6O6/c1-8-11-30-38-32(37(5,6)46)31(34(44)48-22-24-16-19-28(29(20-24)47-7)49-35(45)36(2,3)4)43(30)21-23-14-17-25(18-15-23)26-12-9-10-13-27(26)33-39-41-42-40-33/h9-10,12-20,46H,8,11,21-22H2,1-7H3,(H,39,40,41,42). The first-order valence-electron chi connectivity index (χ1n) is 16.1. The van der Waals surface area contributed by atoms with Crippen molar-refractivity contribution in [2.75, 3.05) is 7.11 Å². The van der Waals surface area contributed by atoms with Gasteiger partial charge in [-0.15, -0.1) is 10.2 Å². The van der Waals surface area contributed by atoms with Crippen LogP contribution in [0, 0.1) is 5.41 Å². The number of benzene rings is 3. The van der Waals surface area contributed by atoms with E-state index in [4.69, 9.17) is 19.2 Å². The highest BCUT2D eigenvalue weighted by molar-refractivity contribution is 5.89. The summed E-state index contributed by atoms with van der Waals surface area (Å²) in [7, 11) is 1.47. The van der Waals surface area contributed by atoms with Gasteiger partial charge in [-0.05, 0) is 80.6 Å². The number of aliphatic hydroxyl groups is 1. The largest absolute Gasteiger partial charge is 0.493 e. The number of nitrogens with zero attached hydrogens (tertiary/aromatic N) is 5. The Hall–Kier alpha value is -5.36. The van der Waals surface area contributed by atoms with Crippen LogP contribution in [0.5, 0.6) is 11.5 Å². The molecule has 12 nitrogen and oxygen atoms in total. The number of carbonyl (C=O) groups is 2. The fourth-order valence-corrected chi connectivity index (χ4v) is 5.25. The molecular formula is C37H42N6O6. The molecule has 49 heavy (non-hydrogen) atoms. The third-order valence-electron chi connectivity index (χ3n) is 7.83. The van der Waals surface area contributed by atoms with Crippen LogP contribution in [0.1, 0.15) is 81.1 Å². The van der Waals surface area contributed by atoms with Crippen LogP contribution in [-0.2, 0) is 34.7 Å². The Kier molecular flexibility index (Phi) is 10.3. The molecule has 0 spiro atoms. The average molecular weight is 667 g/mol. The molecule has 0 unspecified atom stereocenters. The zero-order chi connectivity index (χ0) is 35.3. The number of carbonyl (C=O) groups excluding carboxylic acids is 2. The van der Waals surface area contributed by atoms with Gasteiger partial charge in [0.1, 0.15) is 23.7 Å². The van der Waals surface area contributed by atoms with E-state index in [2.05, 4.69) is 20.6 Å². The molecule has 0 radical (unpaired) electrons. The maximum Gasteiger partial charge on any atom is 0.357 e. The molecule has 5 rings (SSSR count). The third kappa shape index (κ3) is 8.03. The summed E-state index contributed by atoms with van der Waals surface area (Å²) in [5, 5.41) is 25.6. The highest BCUT2D eigenvalue weighted by Gasteiger charge is 2.33. The number of aromatic nitrogens is 6. The number of imidazole rings is 1. The van der Waals surface area contributed by atoms with Crippen molar-refractivity contribution in [2.45, 2.75) is 73.1 Å². The van der Waals surface area contributed by atoms with Gasteiger partial charge < -0.3 is 23.9 Å². The van der Waals surface area contributed by atoms with Crippen molar-refractivity contribution < 1.29 is 28.9 Å². The van der Waals surface area contributed by atoms with E-state index in [0.29, 0.717) is 35.9 Å².